The first kappa shape index (κ1) is 14.2. The molecule has 0 bridgehead atoms. The predicted molar refractivity (Wildman–Crippen MR) is 77.9 cm³/mol. The van der Waals surface area contributed by atoms with Gasteiger partial charge in [0.05, 0.1) is 12.8 Å². The van der Waals surface area contributed by atoms with Crippen molar-refractivity contribution in [2.24, 2.45) is 0 Å². The Morgan fingerprint density at radius 1 is 0.955 bits per heavy atom. The Morgan fingerprint density at radius 2 is 1.77 bits per heavy atom. The minimum atomic E-state index is -1.51. The maximum Gasteiger partial charge on any atom is 0.196 e. The minimum absolute atomic E-state index is 0.158. The van der Waals surface area contributed by atoms with Crippen LogP contribution in [0, 0.1) is 17.5 Å². The average molecular weight is 304 g/mol. The van der Waals surface area contributed by atoms with Crippen LogP contribution >= 0.6 is 0 Å². The second-order valence-corrected chi connectivity index (χ2v) is 4.56. The number of para-hydroxylation sites is 1. The number of benzene rings is 2. The zero-order chi connectivity index (χ0) is 15.7. The summed E-state index contributed by atoms with van der Waals surface area (Å²) in [4.78, 5) is 4.22. The lowest BCUT2D eigenvalue weighted by molar-refractivity contribution is 0.419. The monoisotopic (exact) mass is 304 g/mol. The molecule has 112 valence electrons. The maximum atomic E-state index is 13.8. The quantitative estimate of drug-likeness (QED) is 0.728. The first-order chi connectivity index (χ1) is 10.6. The molecule has 22 heavy (non-hydrogen) atoms. The molecule has 0 aliphatic heterocycles. The van der Waals surface area contributed by atoms with E-state index in [2.05, 4.69) is 10.3 Å². The zero-order valence-corrected chi connectivity index (χ0v) is 11.5. The highest BCUT2D eigenvalue weighted by atomic mass is 19.2. The van der Waals surface area contributed by atoms with Crippen molar-refractivity contribution in [3.8, 4) is 5.75 Å². The van der Waals surface area contributed by atoms with Crippen molar-refractivity contribution in [2.75, 3.05) is 12.4 Å². The fourth-order valence-corrected chi connectivity index (χ4v) is 2.19. The number of anilines is 2. The van der Waals surface area contributed by atoms with Gasteiger partial charge in [0.1, 0.15) is 11.3 Å². The molecular weight excluding hydrogens is 293 g/mol. The molecule has 1 heterocycles. The molecule has 0 radical (unpaired) electrons. The topological polar surface area (TPSA) is 34.1 Å². The number of rotatable bonds is 3. The first-order valence-corrected chi connectivity index (χ1v) is 6.44. The smallest absolute Gasteiger partial charge is 0.196 e. The van der Waals surface area contributed by atoms with Crippen molar-refractivity contribution in [3.05, 3.63) is 60.0 Å². The first-order valence-electron chi connectivity index (χ1n) is 6.44. The van der Waals surface area contributed by atoms with Crippen molar-refractivity contribution in [2.45, 2.75) is 0 Å². The second-order valence-electron chi connectivity index (χ2n) is 4.56. The van der Waals surface area contributed by atoms with E-state index in [0.29, 0.717) is 22.3 Å². The normalized spacial score (nSPS) is 10.7. The lowest BCUT2D eigenvalue weighted by Crippen LogP contribution is -2.00. The molecule has 3 rings (SSSR count). The van der Waals surface area contributed by atoms with Gasteiger partial charge in [-0.2, -0.15) is 0 Å². The average Bonchev–Trinajstić information content (AvgIpc) is 2.55. The lowest BCUT2D eigenvalue weighted by atomic mass is 10.1. The summed E-state index contributed by atoms with van der Waals surface area (Å²) in [7, 11) is 1.52. The molecule has 0 aliphatic rings. The van der Waals surface area contributed by atoms with E-state index >= 15 is 0 Å². The van der Waals surface area contributed by atoms with Crippen LogP contribution in [0.4, 0.5) is 24.5 Å². The van der Waals surface area contributed by atoms with Gasteiger partial charge >= 0.3 is 0 Å². The summed E-state index contributed by atoms with van der Waals surface area (Å²) < 4.78 is 45.3. The minimum Gasteiger partial charge on any atom is -0.494 e. The number of hydrogen-bond acceptors (Lipinski definition) is 3. The highest BCUT2D eigenvalue weighted by Gasteiger charge is 2.14. The Bertz CT molecular complexity index is 852. The number of methoxy groups -OCH3 is 1. The highest BCUT2D eigenvalue weighted by Crippen LogP contribution is 2.31. The number of nitrogens with one attached hydrogen (secondary N) is 1. The second kappa shape index (κ2) is 5.55. The van der Waals surface area contributed by atoms with E-state index in [0.717, 1.165) is 12.1 Å². The summed E-state index contributed by atoms with van der Waals surface area (Å²) >= 11 is 0. The number of pyridine rings is 1. The van der Waals surface area contributed by atoms with Crippen LogP contribution < -0.4 is 10.1 Å². The van der Waals surface area contributed by atoms with E-state index in [4.69, 9.17) is 4.74 Å². The van der Waals surface area contributed by atoms with Crippen LogP contribution in [-0.2, 0) is 0 Å². The molecule has 3 nitrogen and oxygen atoms in total. The van der Waals surface area contributed by atoms with Crippen LogP contribution in [0.15, 0.2) is 42.6 Å². The molecule has 3 aromatic rings. The maximum absolute atomic E-state index is 13.8. The van der Waals surface area contributed by atoms with E-state index in [1.807, 2.05) is 0 Å². The summed E-state index contributed by atoms with van der Waals surface area (Å²) in [5, 5.41) is 3.43. The van der Waals surface area contributed by atoms with Crippen molar-refractivity contribution >= 4 is 22.3 Å². The van der Waals surface area contributed by atoms with Crippen molar-refractivity contribution in [3.63, 3.8) is 0 Å². The molecule has 0 fully saturated rings. The Labute approximate surface area is 124 Å². The van der Waals surface area contributed by atoms with Gasteiger partial charge in [0.2, 0.25) is 0 Å². The third-order valence-corrected chi connectivity index (χ3v) is 3.26. The standard InChI is InChI=1S/C16H11F3N2O/c1-22-13-4-2-3-9-11(7-8-20-16(9)13)21-12-6-5-10(17)14(18)15(12)19/h2-8H,1H3,(H,20,21). The van der Waals surface area contributed by atoms with Crippen molar-refractivity contribution < 1.29 is 17.9 Å². The van der Waals surface area contributed by atoms with Gasteiger partial charge in [0, 0.05) is 17.3 Å². The van der Waals surface area contributed by atoms with Gasteiger partial charge in [-0.05, 0) is 24.3 Å². The van der Waals surface area contributed by atoms with Crippen LogP contribution in [-0.4, -0.2) is 12.1 Å². The van der Waals surface area contributed by atoms with E-state index in [1.54, 1.807) is 24.3 Å². The SMILES string of the molecule is COc1cccc2c(Nc3ccc(F)c(F)c3F)ccnc12. The highest BCUT2D eigenvalue weighted by molar-refractivity contribution is 5.96. The molecule has 0 saturated heterocycles. The number of halogens is 3. The molecule has 0 amide bonds. The molecule has 6 heteroatoms. The van der Waals surface area contributed by atoms with Gasteiger partial charge in [-0.1, -0.05) is 12.1 Å². The van der Waals surface area contributed by atoms with Crippen LogP contribution in [0.2, 0.25) is 0 Å². The van der Waals surface area contributed by atoms with Crippen LogP contribution in [0.3, 0.4) is 0 Å². The Hall–Kier alpha value is -2.76. The van der Waals surface area contributed by atoms with Gasteiger partial charge in [-0.3, -0.25) is 4.98 Å². The molecule has 1 N–H and O–H groups in total. The van der Waals surface area contributed by atoms with Crippen LogP contribution in [0.25, 0.3) is 10.9 Å². The van der Waals surface area contributed by atoms with E-state index in [-0.39, 0.29) is 5.69 Å². The molecule has 0 saturated carbocycles. The van der Waals surface area contributed by atoms with Gasteiger partial charge in [0.15, 0.2) is 17.5 Å². The predicted octanol–water partition coefficient (Wildman–Crippen LogP) is 4.40. The van der Waals surface area contributed by atoms with Crippen molar-refractivity contribution in [1.29, 1.82) is 0 Å². The van der Waals surface area contributed by atoms with Gasteiger partial charge < -0.3 is 10.1 Å². The number of aromatic nitrogens is 1. The van der Waals surface area contributed by atoms with Crippen LogP contribution in [0.5, 0.6) is 5.75 Å². The third kappa shape index (κ3) is 2.32. The molecule has 0 aliphatic carbocycles. The number of fused-ring (bicyclic) bond motifs is 1. The summed E-state index contributed by atoms with van der Waals surface area (Å²) in [5.41, 5.74) is 0.931. The summed E-state index contributed by atoms with van der Waals surface area (Å²) in [5.74, 6) is -3.45. The van der Waals surface area contributed by atoms with E-state index in [1.165, 1.54) is 13.3 Å². The Balaban J connectivity index is 2.10. The molecule has 0 unspecified atom stereocenters. The molecule has 2 aromatic carbocycles. The number of hydrogen-bond donors (Lipinski definition) is 1. The lowest BCUT2D eigenvalue weighted by Gasteiger charge is -2.12. The fraction of sp³-hybridized carbons (Fsp3) is 0.0625. The van der Waals surface area contributed by atoms with Gasteiger partial charge in [0.25, 0.3) is 0 Å². The third-order valence-electron chi connectivity index (χ3n) is 3.26. The summed E-state index contributed by atoms with van der Waals surface area (Å²) in [6, 6.07) is 8.89. The molecule has 0 atom stereocenters. The van der Waals surface area contributed by atoms with Crippen molar-refractivity contribution in [1.82, 2.24) is 4.98 Å². The zero-order valence-electron chi connectivity index (χ0n) is 11.5. The van der Waals surface area contributed by atoms with E-state index in [9.17, 15) is 13.2 Å². The van der Waals surface area contributed by atoms with E-state index < -0.39 is 17.5 Å². The molecule has 0 spiro atoms. The number of ether oxygens (including phenoxy) is 1. The number of nitrogens with zero attached hydrogens (tertiary/aromatic N) is 1. The van der Waals surface area contributed by atoms with Gasteiger partial charge in [-0.25, -0.2) is 13.2 Å². The van der Waals surface area contributed by atoms with Gasteiger partial charge in [-0.15, -0.1) is 0 Å². The van der Waals surface area contributed by atoms with Crippen LogP contribution in [0.1, 0.15) is 0 Å². The largest absolute Gasteiger partial charge is 0.494 e. The Morgan fingerprint density at radius 3 is 2.55 bits per heavy atom. The molecule has 1 aromatic heterocycles. The summed E-state index contributed by atoms with van der Waals surface area (Å²) in [6.45, 7) is 0. The summed E-state index contributed by atoms with van der Waals surface area (Å²) in [6.07, 6.45) is 1.52. The molecular formula is C16H11F3N2O. The Kier molecular flexibility index (Phi) is 3.58. The fourth-order valence-electron chi connectivity index (χ4n) is 2.19.